The first kappa shape index (κ1) is 12.2. The zero-order chi connectivity index (χ0) is 12.5. The lowest BCUT2D eigenvalue weighted by Gasteiger charge is -2.07. The molecule has 2 rings (SSSR count). The molecule has 1 aromatic carbocycles. The Kier molecular flexibility index (Phi) is 3.26. The highest BCUT2D eigenvalue weighted by atomic mass is 35.5. The van der Waals surface area contributed by atoms with Crippen LogP contribution >= 0.6 is 11.6 Å². The summed E-state index contributed by atoms with van der Waals surface area (Å²) in [5, 5.41) is 3.13. The molecule has 2 N–H and O–H groups in total. The van der Waals surface area contributed by atoms with E-state index >= 15 is 0 Å². The summed E-state index contributed by atoms with van der Waals surface area (Å²) in [6, 6.07) is 4.72. The minimum absolute atomic E-state index is 0.0819. The van der Waals surface area contributed by atoms with E-state index in [0.717, 1.165) is 24.2 Å². The molecule has 0 saturated carbocycles. The van der Waals surface area contributed by atoms with E-state index in [1.54, 1.807) is 12.1 Å². The van der Waals surface area contributed by atoms with Gasteiger partial charge < -0.3 is 5.32 Å². The molecule has 5 nitrogen and oxygen atoms in total. The van der Waals surface area contributed by atoms with Crippen LogP contribution in [0.1, 0.15) is 5.56 Å². The second-order valence-corrected chi connectivity index (χ2v) is 5.61. The number of halogens is 1. The van der Waals surface area contributed by atoms with Crippen molar-refractivity contribution in [1.29, 1.82) is 0 Å². The second-order valence-electron chi connectivity index (χ2n) is 3.66. The van der Waals surface area contributed by atoms with Crippen LogP contribution in [0.15, 0.2) is 23.1 Å². The van der Waals surface area contributed by atoms with Gasteiger partial charge in [-0.05, 0) is 30.2 Å². The van der Waals surface area contributed by atoms with Crippen LogP contribution in [0.4, 0.5) is 5.69 Å². The number of sulfonamides is 1. The van der Waals surface area contributed by atoms with Gasteiger partial charge >= 0.3 is 0 Å². The number of benzene rings is 1. The lowest BCUT2D eigenvalue weighted by molar-refractivity contribution is -0.116. The number of carbonyl (C=O) groups is 1. The maximum absolute atomic E-state index is 11.8. The molecule has 0 atom stereocenters. The molecule has 0 saturated heterocycles. The molecule has 0 unspecified atom stereocenters. The molecule has 0 bridgehead atoms. The van der Waals surface area contributed by atoms with Gasteiger partial charge in [0, 0.05) is 12.2 Å². The SMILES string of the molecule is O=C(CCl)NS(=O)(=O)c1ccc2c(c1)CCN2. The van der Waals surface area contributed by atoms with Crippen molar-refractivity contribution in [2.45, 2.75) is 11.3 Å². The number of amides is 1. The van der Waals surface area contributed by atoms with E-state index in [1.165, 1.54) is 6.07 Å². The van der Waals surface area contributed by atoms with Crippen LogP contribution in [0, 0.1) is 0 Å². The van der Waals surface area contributed by atoms with Crippen LogP contribution in [-0.2, 0) is 21.2 Å². The first-order valence-electron chi connectivity index (χ1n) is 5.01. The number of fused-ring (bicyclic) bond motifs is 1. The molecular formula is C10H11ClN2O3S. The highest BCUT2D eigenvalue weighted by Crippen LogP contribution is 2.24. The number of carbonyl (C=O) groups excluding carboxylic acids is 1. The molecule has 1 aromatic rings. The Morgan fingerprint density at radius 3 is 2.94 bits per heavy atom. The van der Waals surface area contributed by atoms with Crippen molar-refractivity contribution in [2.75, 3.05) is 17.7 Å². The van der Waals surface area contributed by atoms with Crippen molar-refractivity contribution in [2.24, 2.45) is 0 Å². The molecule has 1 aliphatic heterocycles. The third-order valence-electron chi connectivity index (χ3n) is 2.47. The predicted octanol–water partition coefficient (Wildman–Crippen LogP) is 0.698. The van der Waals surface area contributed by atoms with E-state index in [2.05, 4.69) is 5.32 Å². The number of hydrogen-bond acceptors (Lipinski definition) is 4. The Bertz CT molecular complexity index is 557. The normalized spacial score (nSPS) is 13.9. The summed E-state index contributed by atoms with van der Waals surface area (Å²) in [6.45, 7) is 0.798. The van der Waals surface area contributed by atoms with Crippen LogP contribution in [0.2, 0.25) is 0 Å². The summed E-state index contributed by atoms with van der Waals surface area (Å²) in [5.41, 5.74) is 1.87. The molecule has 92 valence electrons. The average Bonchev–Trinajstić information content (AvgIpc) is 2.75. The molecule has 0 aliphatic carbocycles. The Morgan fingerprint density at radius 2 is 2.24 bits per heavy atom. The standard InChI is InChI=1S/C10H11ClN2O3S/c11-6-10(14)13-17(15,16)8-1-2-9-7(5-8)3-4-12-9/h1-2,5,12H,3-4,6H2,(H,13,14). The monoisotopic (exact) mass is 274 g/mol. The van der Waals surface area contributed by atoms with E-state index in [1.807, 2.05) is 4.72 Å². The van der Waals surface area contributed by atoms with Gasteiger partial charge in [0.2, 0.25) is 5.91 Å². The highest BCUT2D eigenvalue weighted by molar-refractivity contribution is 7.90. The largest absolute Gasteiger partial charge is 0.384 e. The molecule has 0 fully saturated rings. The molecule has 1 amide bonds. The fraction of sp³-hybridized carbons (Fsp3) is 0.300. The van der Waals surface area contributed by atoms with Gasteiger partial charge in [0.1, 0.15) is 5.88 Å². The maximum atomic E-state index is 11.8. The van der Waals surface area contributed by atoms with Gasteiger partial charge in [-0.25, -0.2) is 13.1 Å². The number of rotatable bonds is 3. The highest BCUT2D eigenvalue weighted by Gasteiger charge is 2.19. The van der Waals surface area contributed by atoms with Gasteiger partial charge in [-0.2, -0.15) is 0 Å². The quantitative estimate of drug-likeness (QED) is 0.796. The van der Waals surface area contributed by atoms with Crippen molar-refractivity contribution in [3.05, 3.63) is 23.8 Å². The minimum atomic E-state index is -3.80. The lowest BCUT2D eigenvalue weighted by Crippen LogP contribution is -2.31. The molecule has 1 aliphatic rings. The Hall–Kier alpha value is -1.27. The summed E-state index contributed by atoms with van der Waals surface area (Å²) >= 11 is 5.25. The van der Waals surface area contributed by atoms with E-state index in [9.17, 15) is 13.2 Å². The molecule has 1 heterocycles. The van der Waals surface area contributed by atoms with Crippen LogP contribution in [0.5, 0.6) is 0 Å². The summed E-state index contributed by atoms with van der Waals surface area (Å²) in [6.07, 6.45) is 0.780. The Morgan fingerprint density at radius 1 is 1.47 bits per heavy atom. The Balaban J connectivity index is 2.31. The van der Waals surface area contributed by atoms with Crippen LogP contribution in [0.25, 0.3) is 0 Å². The molecule has 17 heavy (non-hydrogen) atoms. The summed E-state index contributed by atoms with van der Waals surface area (Å²) in [5.74, 6) is -1.11. The average molecular weight is 275 g/mol. The van der Waals surface area contributed by atoms with Gasteiger partial charge in [-0.15, -0.1) is 11.6 Å². The fourth-order valence-electron chi connectivity index (χ4n) is 1.68. The molecule has 0 spiro atoms. The maximum Gasteiger partial charge on any atom is 0.264 e. The van der Waals surface area contributed by atoms with Crippen molar-refractivity contribution < 1.29 is 13.2 Å². The van der Waals surface area contributed by atoms with E-state index in [4.69, 9.17) is 11.6 Å². The lowest BCUT2D eigenvalue weighted by atomic mass is 10.2. The number of anilines is 1. The van der Waals surface area contributed by atoms with E-state index < -0.39 is 15.9 Å². The zero-order valence-corrected chi connectivity index (χ0v) is 10.4. The van der Waals surface area contributed by atoms with Crippen LogP contribution in [0.3, 0.4) is 0 Å². The van der Waals surface area contributed by atoms with Gasteiger partial charge in [-0.1, -0.05) is 0 Å². The zero-order valence-electron chi connectivity index (χ0n) is 8.86. The topological polar surface area (TPSA) is 75.3 Å². The number of nitrogens with one attached hydrogen (secondary N) is 2. The smallest absolute Gasteiger partial charge is 0.264 e. The molecule has 0 radical (unpaired) electrons. The second kappa shape index (κ2) is 4.54. The van der Waals surface area contributed by atoms with Gasteiger partial charge in [0.25, 0.3) is 10.0 Å². The van der Waals surface area contributed by atoms with E-state index in [-0.39, 0.29) is 10.8 Å². The first-order valence-corrected chi connectivity index (χ1v) is 7.03. The van der Waals surface area contributed by atoms with Gasteiger partial charge in [-0.3, -0.25) is 4.79 Å². The summed E-state index contributed by atoms with van der Waals surface area (Å²) in [4.78, 5) is 11.1. The molecule has 7 heteroatoms. The van der Waals surface area contributed by atoms with Gasteiger partial charge in [0.15, 0.2) is 0 Å². The Labute approximate surface area is 104 Å². The van der Waals surface area contributed by atoms with Crippen LogP contribution in [-0.4, -0.2) is 26.7 Å². The van der Waals surface area contributed by atoms with Crippen LogP contribution < -0.4 is 10.0 Å². The summed E-state index contributed by atoms with van der Waals surface area (Å²) < 4.78 is 25.5. The minimum Gasteiger partial charge on any atom is -0.384 e. The van der Waals surface area contributed by atoms with Crippen molar-refractivity contribution in [1.82, 2.24) is 4.72 Å². The number of alkyl halides is 1. The molecule has 0 aromatic heterocycles. The van der Waals surface area contributed by atoms with E-state index in [0.29, 0.717) is 0 Å². The van der Waals surface area contributed by atoms with Crippen molar-refractivity contribution >= 4 is 33.2 Å². The summed E-state index contributed by atoms with van der Waals surface area (Å²) in [7, 11) is -3.80. The third-order valence-corrected chi connectivity index (χ3v) is 4.08. The number of hydrogen-bond donors (Lipinski definition) is 2. The first-order chi connectivity index (χ1) is 8.03. The van der Waals surface area contributed by atoms with Crippen molar-refractivity contribution in [3.8, 4) is 0 Å². The molecular weight excluding hydrogens is 264 g/mol. The van der Waals surface area contributed by atoms with Gasteiger partial charge in [0.05, 0.1) is 4.90 Å². The predicted molar refractivity (Wildman–Crippen MR) is 64.7 cm³/mol. The fourth-order valence-corrected chi connectivity index (χ4v) is 2.86. The third kappa shape index (κ3) is 2.53. The van der Waals surface area contributed by atoms with Crippen molar-refractivity contribution in [3.63, 3.8) is 0 Å².